The first-order valence-corrected chi connectivity index (χ1v) is 8.82. The van der Waals surface area contributed by atoms with Gasteiger partial charge in [-0.2, -0.15) is 12.6 Å². The average molecular weight is 397 g/mol. The van der Waals surface area contributed by atoms with Gasteiger partial charge in [0.05, 0.1) is 0 Å². The van der Waals surface area contributed by atoms with Gasteiger partial charge in [0.2, 0.25) is 11.8 Å². The van der Waals surface area contributed by atoms with Crippen molar-refractivity contribution in [3.05, 3.63) is 29.8 Å². The van der Waals surface area contributed by atoms with Crippen molar-refractivity contribution >= 4 is 42.1 Å². The number of carbonyl (C=O) groups excluding carboxylic acids is 2. The van der Waals surface area contributed by atoms with E-state index in [1.165, 1.54) is 0 Å². The van der Waals surface area contributed by atoms with E-state index in [0.717, 1.165) is 5.56 Å². The number of carbonyl (C=O) groups is 4. The van der Waals surface area contributed by atoms with Crippen molar-refractivity contribution in [3.63, 3.8) is 0 Å². The molecule has 0 bridgehead atoms. The van der Waals surface area contributed by atoms with Crippen molar-refractivity contribution in [2.24, 2.45) is 0 Å². The Kier molecular flexibility index (Phi) is 9.14. The molecule has 1 aromatic rings. The van der Waals surface area contributed by atoms with E-state index in [1.807, 2.05) is 19.1 Å². The van der Waals surface area contributed by atoms with E-state index < -0.39 is 42.4 Å². The molecular formula is C17H23N3O6S. The van der Waals surface area contributed by atoms with E-state index in [2.05, 4.69) is 28.6 Å². The van der Waals surface area contributed by atoms with Crippen LogP contribution in [0.25, 0.3) is 0 Å². The summed E-state index contributed by atoms with van der Waals surface area (Å²) < 4.78 is 0. The predicted octanol–water partition coefficient (Wildman–Crippen LogP) is 0.256. The van der Waals surface area contributed by atoms with Crippen LogP contribution in [0.5, 0.6) is 0 Å². The maximum absolute atomic E-state index is 12.0. The highest BCUT2D eigenvalue weighted by Gasteiger charge is 2.22. The number of aliphatic carboxylic acids is 2. The van der Waals surface area contributed by atoms with Gasteiger partial charge in [0.1, 0.15) is 18.6 Å². The number of amides is 2. The first-order valence-electron chi connectivity index (χ1n) is 8.19. The minimum absolute atomic E-state index is 0.00549. The molecule has 0 aliphatic rings. The predicted molar refractivity (Wildman–Crippen MR) is 102 cm³/mol. The van der Waals surface area contributed by atoms with Gasteiger partial charge in [0.25, 0.3) is 0 Å². The SMILES string of the molecule is Cc1ccccc1N[C@@H](CCC(=O)N[C@@H](CS)C(=O)NCC(=O)O)C(=O)O. The number of hydrogen-bond acceptors (Lipinski definition) is 6. The number of para-hydroxylation sites is 1. The first kappa shape index (κ1) is 22.3. The zero-order chi connectivity index (χ0) is 20.4. The molecule has 2 amide bonds. The van der Waals surface area contributed by atoms with Gasteiger partial charge in [-0.25, -0.2) is 4.79 Å². The molecule has 0 aliphatic heterocycles. The van der Waals surface area contributed by atoms with Crippen molar-refractivity contribution in [2.45, 2.75) is 31.8 Å². The van der Waals surface area contributed by atoms with Crippen molar-refractivity contribution in [2.75, 3.05) is 17.6 Å². The molecule has 148 valence electrons. The van der Waals surface area contributed by atoms with Gasteiger partial charge in [-0.1, -0.05) is 18.2 Å². The number of carboxylic acids is 2. The van der Waals surface area contributed by atoms with Gasteiger partial charge in [-0.05, 0) is 25.0 Å². The number of thiol groups is 1. The third-order valence-electron chi connectivity index (χ3n) is 3.68. The second-order valence-electron chi connectivity index (χ2n) is 5.80. The largest absolute Gasteiger partial charge is 0.480 e. The van der Waals surface area contributed by atoms with Crippen molar-refractivity contribution in [1.82, 2.24) is 10.6 Å². The summed E-state index contributed by atoms with van der Waals surface area (Å²) in [6.45, 7) is 1.27. The Morgan fingerprint density at radius 3 is 2.33 bits per heavy atom. The number of anilines is 1. The lowest BCUT2D eigenvalue weighted by atomic mass is 10.1. The summed E-state index contributed by atoms with van der Waals surface area (Å²) in [7, 11) is 0. The van der Waals surface area contributed by atoms with Crippen LogP contribution in [-0.4, -0.2) is 58.3 Å². The van der Waals surface area contributed by atoms with Gasteiger partial charge < -0.3 is 26.2 Å². The maximum atomic E-state index is 12.0. The van der Waals surface area contributed by atoms with Crippen molar-refractivity contribution in [1.29, 1.82) is 0 Å². The molecule has 0 aliphatic carbocycles. The maximum Gasteiger partial charge on any atom is 0.326 e. The summed E-state index contributed by atoms with van der Waals surface area (Å²) >= 11 is 3.96. The molecule has 27 heavy (non-hydrogen) atoms. The number of carboxylic acid groups (broad SMARTS) is 2. The lowest BCUT2D eigenvalue weighted by Gasteiger charge is -2.19. The first-order chi connectivity index (χ1) is 12.7. The molecule has 1 rings (SSSR count). The Labute approximate surface area is 161 Å². The Morgan fingerprint density at radius 2 is 1.78 bits per heavy atom. The van der Waals surface area contributed by atoms with Crippen LogP contribution in [0.4, 0.5) is 5.69 Å². The summed E-state index contributed by atoms with van der Waals surface area (Å²) in [6.07, 6.45) is -0.127. The number of hydrogen-bond donors (Lipinski definition) is 6. The highest BCUT2D eigenvalue weighted by molar-refractivity contribution is 7.80. The Bertz CT molecular complexity index is 697. The molecule has 0 saturated carbocycles. The summed E-state index contributed by atoms with van der Waals surface area (Å²) in [6, 6.07) is 5.20. The summed E-state index contributed by atoms with van der Waals surface area (Å²) in [5.41, 5.74) is 1.53. The highest BCUT2D eigenvalue weighted by atomic mass is 32.1. The molecular weight excluding hydrogens is 374 g/mol. The van der Waals surface area contributed by atoms with Gasteiger partial charge >= 0.3 is 11.9 Å². The fourth-order valence-corrected chi connectivity index (χ4v) is 2.46. The van der Waals surface area contributed by atoms with Crippen LogP contribution in [0.2, 0.25) is 0 Å². The molecule has 1 aromatic carbocycles. The number of aryl methyl sites for hydroxylation is 1. The Morgan fingerprint density at radius 1 is 1.11 bits per heavy atom. The van der Waals surface area contributed by atoms with Crippen LogP contribution >= 0.6 is 12.6 Å². The van der Waals surface area contributed by atoms with Gasteiger partial charge in [0, 0.05) is 17.9 Å². The van der Waals surface area contributed by atoms with Crippen LogP contribution in [0.1, 0.15) is 18.4 Å². The minimum Gasteiger partial charge on any atom is -0.480 e. The van der Waals surface area contributed by atoms with Crippen LogP contribution in [0.15, 0.2) is 24.3 Å². The third kappa shape index (κ3) is 7.99. The standard InChI is InChI=1S/C17H23N3O6S/c1-10-4-2-3-5-11(10)19-12(17(25)26)6-7-14(21)20-13(9-27)16(24)18-8-15(22)23/h2-5,12-13,19,27H,6-9H2,1H3,(H,18,24)(H,20,21)(H,22,23)(H,25,26)/t12-,13-/m0/s1. The van der Waals surface area contributed by atoms with Gasteiger partial charge in [0.15, 0.2) is 0 Å². The van der Waals surface area contributed by atoms with E-state index in [1.54, 1.807) is 12.1 Å². The Balaban J connectivity index is 2.58. The molecule has 0 fully saturated rings. The lowest BCUT2D eigenvalue weighted by Crippen LogP contribution is -2.49. The van der Waals surface area contributed by atoms with E-state index in [0.29, 0.717) is 5.69 Å². The van der Waals surface area contributed by atoms with Crippen LogP contribution < -0.4 is 16.0 Å². The molecule has 10 heteroatoms. The van der Waals surface area contributed by atoms with Gasteiger partial charge in [-0.3, -0.25) is 14.4 Å². The molecule has 9 nitrogen and oxygen atoms in total. The lowest BCUT2D eigenvalue weighted by molar-refractivity contribution is -0.138. The van der Waals surface area contributed by atoms with Crippen LogP contribution in [-0.2, 0) is 19.2 Å². The fraction of sp³-hybridized carbons (Fsp3) is 0.412. The zero-order valence-electron chi connectivity index (χ0n) is 14.8. The van der Waals surface area contributed by atoms with E-state index >= 15 is 0 Å². The second-order valence-corrected chi connectivity index (χ2v) is 6.17. The van der Waals surface area contributed by atoms with Crippen LogP contribution in [0, 0.1) is 6.92 Å². The average Bonchev–Trinajstić information content (AvgIpc) is 2.62. The second kappa shape index (κ2) is 11.1. The summed E-state index contributed by atoms with van der Waals surface area (Å²) in [5, 5.41) is 25.4. The van der Waals surface area contributed by atoms with Crippen molar-refractivity contribution in [3.8, 4) is 0 Å². The number of benzene rings is 1. The fourth-order valence-electron chi connectivity index (χ4n) is 2.20. The zero-order valence-corrected chi connectivity index (χ0v) is 15.7. The van der Waals surface area contributed by atoms with Gasteiger partial charge in [-0.15, -0.1) is 0 Å². The molecule has 0 radical (unpaired) electrons. The monoisotopic (exact) mass is 397 g/mol. The third-order valence-corrected chi connectivity index (χ3v) is 4.05. The topological polar surface area (TPSA) is 145 Å². The molecule has 0 saturated heterocycles. The normalized spacial score (nSPS) is 12.5. The molecule has 2 atom stereocenters. The smallest absolute Gasteiger partial charge is 0.326 e. The quantitative estimate of drug-likeness (QED) is 0.294. The van der Waals surface area contributed by atoms with E-state index in [4.69, 9.17) is 5.11 Å². The van der Waals surface area contributed by atoms with E-state index in [-0.39, 0.29) is 18.6 Å². The molecule has 0 unspecified atom stereocenters. The van der Waals surface area contributed by atoms with Crippen molar-refractivity contribution < 1.29 is 29.4 Å². The Hall–Kier alpha value is -2.75. The molecule has 0 heterocycles. The molecule has 5 N–H and O–H groups in total. The number of rotatable bonds is 11. The number of nitrogens with one attached hydrogen (secondary N) is 3. The molecule has 0 spiro atoms. The van der Waals surface area contributed by atoms with E-state index in [9.17, 15) is 24.3 Å². The summed E-state index contributed by atoms with van der Waals surface area (Å²) in [4.78, 5) is 45.7. The highest BCUT2D eigenvalue weighted by Crippen LogP contribution is 2.16. The van der Waals surface area contributed by atoms with Crippen LogP contribution in [0.3, 0.4) is 0 Å². The minimum atomic E-state index is -1.21. The molecule has 0 aromatic heterocycles. The summed E-state index contributed by atoms with van der Waals surface area (Å²) in [5.74, 6) is -3.54.